The molecule has 25 heavy (non-hydrogen) atoms. The number of nitrogens with one attached hydrogen (secondary N) is 2. The molecule has 1 aromatic carbocycles. The van der Waals surface area contributed by atoms with Crippen LogP contribution in [0.2, 0.25) is 0 Å². The molecule has 0 saturated carbocycles. The van der Waals surface area contributed by atoms with Crippen molar-refractivity contribution in [3.63, 3.8) is 0 Å². The van der Waals surface area contributed by atoms with E-state index in [2.05, 4.69) is 41.0 Å². The number of rotatable bonds is 18. The fourth-order valence-electron chi connectivity index (χ4n) is 3.33. The maximum Gasteiger partial charge on any atom is 0.00766 e. The molecule has 0 atom stereocenters. The van der Waals surface area contributed by atoms with Crippen molar-refractivity contribution < 1.29 is 0 Å². The highest BCUT2D eigenvalue weighted by molar-refractivity contribution is 5.14. The minimum absolute atomic E-state index is 1.08. The molecule has 2 N–H and O–H groups in total. The van der Waals surface area contributed by atoms with Crippen LogP contribution in [0.4, 0.5) is 0 Å². The summed E-state index contributed by atoms with van der Waals surface area (Å²) in [7, 11) is 2.01. The number of hydrogen-bond donors (Lipinski definition) is 2. The third kappa shape index (κ3) is 15.1. The van der Waals surface area contributed by atoms with E-state index in [1.807, 2.05) is 7.05 Å². The zero-order valence-corrected chi connectivity index (χ0v) is 16.7. The Morgan fingerprint density at radius 2 is 1.08 bits per heavy atom. The zero-order valence-electron chi connectivity index (χ0n) is 16.7. The molecule has 1 aromatic rings. The number of hydrogen-bond acceptors (Lipinski definition) is 2. The van der Waals surface area contributed by atoms with E-state index in [1.165, 1.54) is 95.6 Å². The molecule has 0 aliphatic heterocycles. The molecule has 0 radical (unpaired) electrons. The predicted octanol–water partition coefficient (Wildman–Crippen LogP) is 5.72. The van der Waals surface area contributed by atoms with E-state index in [0.717, 1.165) is 13.1 Å². The molecule has 0 amide bonds. The van der Waals surface area contributed by atoms with Crippen molar-refractivity contribution in [3.8, 4) is 0 Å². The third-order valence-corrected chi connectivity index (χ3v) is 4.96. The summed E-state index contributed by atoms with van der Waals surface area (Å²) in [6, 6.07) is 10.9. The largest absolute Gasteiger partial charge is 0.318 e. The molecule has 0 fully saturated rings. The Labute approximate surface area is 157 Å². The van der Waals surface area contributed by atoms with Crippen LogP contribution in [0.3, 0.4) is 0 Å². The first kappa shape index (κ1) is 22.2. The van der Waals surface area contributed by atoms with Crippen LogP contribution in [0, 0.1) is 0 Å². The lowest BCUT2D eigenvalue weighted by Gasteiger charge is -2.05. The van der Waals surface area contributed by atoms with Gasteiger partial charge in [0.25, 0.3) is 0 Å². The van der Waals surface area contributed by atoms with Crippen molar-refractivity contribution in [2.24, 2.45) is 0 Å². The first-order valence-corrected chi connectivity index (χ1v) is 10.8. The lowest BCUT2D eigenvalue weighted by atomic mass is 10.0. The van der Waals surface area contributed by atoms with Gasteiger partial charge in [0.05, 0.1) is 0 Å². The first-order chi connectivity index (χ1) is 12.4. The standard InChI is InChI=1S/C23H42N2/c1-24-21-22-25-20-16-11-9-7-5-3-2-4-6-8-10-13-17-23-18-14-12-15-19-23/h12,14-15,18-19,24-25H,2-11,13,16-17,20-22H2,1H3. The van der Waals surface area contributed by atoms with E-state index < -0.39 is 0 Å². The van der Waals surface area contributed by atoms with Crippen LogP contribution < -0.4 is 10.6 Å². The summed E-state index contributed by atoms with van der Waals surface area (Å²) in [5.74, 6) is 0. The van der Waals surface area contributed by atoms with Crippen LogP contribution in [0.1, 0.15) is 82.6 Å². The smallest absolute Gasteiger partial charge is 0.00766 e. The van der Waals surface area contributed by atoms with Gasteiger partial charge in [-0.1, -0.05) is 94.5 Å². The Kier molecular flexibility index (Phi) is 15.9. The van der Waals surface area contributed by atoms with Crippen LogP contribution in [-0.4, -0.2) is 26.7 Å². The number of likely N-dealkylation sites (N-methyl/N-ethyl adjacent to an activating group) is 1. The monoisotopic (exact) mass is 346 g/mol. The second-order valence-corrected chi connectivity index (χ2v) is 7.33. The zero-order chi connectivity index (χ0) is 17.8. The minimum atomic E-state index is 1.08. The Morgan fingerprint density at radius 1 is 0.560 bits per heavy atom. The van der Waals surface area contributed by atoms with Gasteiger partial charge in [0.1, 0.15) is 0 Å². The Morgan fingerprint density at radius 3 is 1.64 bits per heavy atom. The van der Waals surface area contributed by atoms with Gasteiger partial charge in [-0.2, -0.15) is 0 Å². The summed E-state index contributed by atoms with van der Waals surface area (Å²) in [4.78, 5) is 0. The van der Waals surface area contributed by atoms with E-state index >= 15 is 0 Å². The maximum atomic E-state index is 3.47. The maximum absolute atomic E-state index is 3.47. The summed E-state index contributed by atoms with van der Waals surface area (Å²) in [5, 5.41) is 6.63. The lowest BCUT2D eigenvalue weighted by Crippen LogP contribution is -2.25. The molecular formula is C23H42N2. The van der Waals surface area contributed by atoms with Crippen LogP contribution in [0.15, 0.2) is 30.3 Å². The van der Waals surface area contributed by atoms with E-state index in [9.17, 15) is 0 Å². The average molecular weight is 347 g/mol. The summed E-state index contributed by atoms with van der Waals surface area (Å²) < 4.78 is 0. The highest BCUT2D eigenvalue weighted by Crippen LogP contribution is 2.13. The van der Waals surface area contributed by atoms with Crippen LogP contribution in [-0.2, 0) is 6.42 Å². The van der Waals surface area contributed by atoms with Crippen LogP contribution >= 0.6 is 0 Å². The van der Waals surface area contributed by atoms with E-state index in [1.54, 1.807) is 0 Å². The van der Waals surface area contributed by atoms with E-state index in [4.69, 9.17) is 0 Å². The van der Waals surface area contributed by atoms with Crippen molar-refractivity contribution in [3.05, 3.63) is 35.9 Å². The third-order valence-electron chi connectivity index (χ3n) is 4.96. The fraction of sp³-hybridized carbons (Fsp3) is 0.739. The fourth-order valence-corrected chi connectivity index (χ4v) is 3.33. The van der Waals surface area contributed by atoms with Gasteiger partial charge < -0.3 is 10.6 Å². The highest BCUT2D eigenvalue weighted by atomic mass is 14.9. The molecule has 0 saturated heterocycles. The Hall–Kier alpha value is -0.860. The van der Waals surface area contributed by atoms with E-state index in [0.29, 0.717) is 0 Å². The Balaban J connectivity index is 1.69. The summed E-state index contributed by atoms with van der Waals surface area (Å²) in [6.07, 6.45) is 18.3. The number of aryl methyl sites for hydroxylation is 1. The SMILES string of the molecule is CNCCNCCCCCCCCCCCCCCc1ccccc1. The van der Waals surface area contributed by atoms with Gasteiger partial charge in [0.15, 0.2) is 0 Å². The molecule has 0 bridgehead atoms. The quantitative estimate of drug-likeness (QED) is 0.332. The topological polar surface area (TPSA) is 24.1 Å². The summed E-state index contributed by atoms with van der Waals surface area (Å²) in [6.45, 7) is 3.36. The molecule has 0 aromatic heterocycles. The van der Waals surface area contributed by atoms with Crippen LogP contribution in [0.5, 0.6) is 0 Å². The van der Waals surface area contributed by atoms with Crippen molar-refractivity contribution in [2.45, 2.75) is 83.5 Å². The van der Waals surface area contributed by atoms with Crippen LogP contribution in [0.25, 0.3) is 0 Å². The van der Waals surface area contributed by atoms with Crippen molar-refractivity contribution in [1.82, 2.24) is 10.6 Å². The number of benzene rings is 1. The van der Waals surface area contributed by atoms with Crippen molar-refractivity contribution in [2.75, 3.05) is 26.7 Å². The van der Waals surface area contributed by atoms with Gasteiger partial charge in [0, 0.05) is 13.1 Å². The van der Waals surface area contributed by atoms with Gasteiger partial charge in [-0.05, 0) is 38.4 Å². The molecule has 144 valence electrons. The molecule has 0 aliphatic rings. The molecule has 2 heteroatoms. The first-order valence-electron chi connectivity index (χ1n) is 10.8. The molecule has 2 nitrogen and oxygen atoms in total. The molecular weight excluding hydrogens is 304 g/mol. The van der Waals surface area contributed by atoms with Gasteiger partial charge in [-0.15, -0.1) is 0 Å². The molecule has 0 spiro atoms. The highest BCUT2D eigenvalue weighted by Gasteiger charge is 1.95. The summed E-state index contributed by atoms with van der Waals surface area (Å²) in [5.41, 5.74) is 1.50. The lowest BCUT2D eigenvalue weighted by molar-refractivity contribution is 0.532. The molecule has 0 heterocycles. The molecule has 0 unspecified atom stereocenters. The van der Waals surface area contributed by atoms with Gasteiger partial charge >= 0.3 is 0 Å². The van der Waals surface area contributed by atoms with Crippen molar-refractivity contribution in [1.29, 1.82) is 0 Å². The average Bonchev–Trinajstić information content (AvgIpc) is 2.65. The minimum Gasteiger partial charge on any atom is -0.318 e. The van der Waals surface area contributed by atoms with Gasteiger partial charge in [0.2, 0.25) is 0 Å². The molecule has 1 rings (SSSR count). The van der Waals surface area contributed by atoms with E-state index in [-0.39, 0.29) is 0 Å². The second kappa shape index (κ2) is 17.9. The second-order valence-electron chi connectivity index (χ2n) is 7.33. The van der Waals surface area contributed by atoms with Gasteiger partial charge in [-0.25, -0.2) is 0 Å². The normalized spacial score (nSPS) is 11.1. The predicted molar refractivity (Wildman–Crippen MR) is 112 cm³/mol. The molecule has 0 aliphatic carbocycles. The Bertz CT molecular complexity index is 364. The van der Waals surface area contributed by atoms with Crippen molar-refractivity contribution >= 4 is 0 Å². The summed E-state index contributed by atoms with van der Waals surface area (Å²) >= 11 is 0. The number of unbranched alkanes of at least 4 members (excludes halogenated alkanes) is 11. The van der Waals surface area contributed by atoms with Gasteiger partial charge in [-0.3, -0.25) is 0 Å².